The van der Waals surface area contributed by atoms with Gasteiger partial charge in [0.15, 0.2) is 0 Å². The largest absolute Gasteiger partial charge is 0.478 e. The number of rotatable bonds is 4. The summed E-state index contributed by atoms with van der Waals surface area (Å²) in [5.41, 5.74) is 2.37. The van der Waals surface area contributed by atoms with Gasteiger partial charge in [-0.3, -0.25) is 0 Å². The molecule has 18 heavy (non-hydrogen) atoms. The van der Waals surface area contributed by atoms with Crippen molar-refractivity contribution in [3.8, 4) is 0 Å². The molecule has 94 valence electrons. The summed E-state index contributed by atoms with van der Waals surface area (Å²) < 4.78 is 5.38. The fraction of sp³-hybridized carbons (Fsp3) is 0.214. The van der Waals surface area contributed by atoms with E-state index in [0.29, 0.717) is 18.1 Å². The summed E-state index contributed by atoms with van der Waals surface area (Å²) in [7, 11) is 0. The van der Waals surface area contributed by atoms with Gasteiger partial charge in [-0.2, -0.15) is 0 Å². The number of anilines is 1. The van der Waals surface area contributed by atoms with Gasteiger partial charge in [0.05, 0.1) is 6.54 Å². The number of carbonyl (C=O) groups is 1. The summed E-state index contributed by atoms with van der Waals surface area (Å²) in [6.07, 6.45) is 0. The fourth-order valence-electron chi connectivity index (χ4n) is 1.79. The third kappa shape index (κ3) is 2.71. The zero-order valence-corrected chi connectivity index (χ0v) is 10.4. The number of carboxylic acid groups (broad SMARTS) is 1. The number of aromatic carboxylic acids is 1. The second-order valence-corrected chi connectivity index (χ2v) is 4.21. The molecule has 1 heterocycles. The van der Waals surface area contributed by atoms with E-state index in [2.05, 4.69) is 5.32 Å². The molecule has 0 saturated carbocycles. The van der Waals surface area contributed by atoms with E-state index in [9.17, 15) is 4.79 Å². The zero-order valence-electron chi connectivity index (χ0n) is 10.4. The molecule has 4 heteroatoms. The normalized spacial score (nSPS) is 10.3. The summed E-state index contributed by atoms with van der Waals surface area (Å²) in [4.78, 5) is 10.9. The third-order valence-corrected chi connectivity index (χ3v) is 2.68. The highest BCUT2D eigenvalue weighted by molar-refractivity contribution is 5.88. The van der Waals surface area contributed by atoms with Crippen LogP contribution in [0.1, 0.15) is 27.4 Å². The molecule has 2 aromatic rings. The van der Waals surface area contributed by atoms with Gasteiger partial charge in [0.25, 0.3) is 0 Å². The van der Waals surface area contributed by atoms with E-state index in [1.54, 1.807) is 13.0 Å². The number of nitrogens with one attached hydrogen (secondary N) is 1. The molecule has 1 aromatic heterocycles. The van der Waals surface area contributed by atoms with Crippen molar-refractivity contribution in [2.45, 2.75) is 20.4 Å². The van der Waals surface area contributed by atoms with Gasteiger partial charge in [-0.1, -0.05) is 12.1 Å². The molecule has 2 rings (SSSR count). The maximum absolute atomic E-state index is 10.9. The van der Waals surface area contributed by atoms with Crippen molar-refractivity contribution in [1.82, 2.24) is 0 Å². The molecule has 2 N–H and O–H groups in total. The zero-order chi connectivity index (χ0) is 13.1. The number of benzene rings is 1. The third-order valence-electron chi connectivity index (χ3n) is 2.68. The number of aryl methyl sites for hydroxylation is 2. The van der Waals surface area contributed by atoms with Crippen LogP contribution in [0.15, 0.2) is 34.7 Å². The molecule has 0 aliphatic heterocycles. The van der Waals surface area contributed by atoms with E-state index in [1.807, 2.05) is 31.2 Å². The van der Waals surface area contributed by atoms with Crippen LogP contribution in [0.5, 0.6) is 0 Å². The van der Waals surface area contributed by atoms with Crippen LogP contribution in [0.4, 0.5) is 5.69 Å². The monoisotopic (exact) mass is 245 g/mol. The fourth-order valence-corrected chi connectivity index (χ4v) is 1.79. The van der Waals surface area contributed by atoms with Gasteiger partial charge in [-0.25, -0.2) is 4.79 Å². The van der Waals surface area contributed by atoms with Crippen molar-refractivity contribution >= 4 is 11.7 Å². The molecule has 0 fully saturated rings. The Hall–Kier alpha value is -2.23. The van der Waals surface area contributed by atoms with Gasteiger partial charge in [-0.15, -0.1) is 0 Å². The Morgan fingerprint density at radius 3 is 2.72 bits per heavy atom. The molecule has 0 atom stereocenters. The average molecular weight is 245 g/mol. The Morgan fingerprint density at radius 2 is 2.11 bits per heavy atom. The number of hydrogen-bond donors (Lipinski definition) is 2. The van der Waals surface area contributed by atoms with E-state index in [1.165, 1.54) is 5.56 Å². The number of carboxylic acids is 1. The van der Waals surface area contributed by atoms with Crippen molar-refractivity contribution in [1.29, 1.82) is 0 Å². The van der Waals surface area contributed by atoms with Gasteiger partial charge < -0.3 is 14.8 Å². The van der Waals surface area contributed by atoms with Crippen LogP contribution in [0.3, 0.4) is 0 Å². The van der Waals surface area contributed by atoms with Crippen LogP contribution >= 0.6 is 0 Å². The van der Waals surface area contributed by atoms with Crippen molar-refractivity contribution < 1.29 is 14.3 Å². The van der Waals surface area contributed by atoms with E-state index >= 15 is 0 Å². The molecule has 0 unspecified atom stereocenters. The Balaban J connectivity index is 2.06. The van der Waals surface area contributed by atoms with Gasteiger partial charge in [0, 0.05) is 5.69 Å². The Bertz CT molecular complexity index is 572. The number of furan rings is 1. The highest BCUT2D eigenvalue weighted by Gasteiger charge is 2.13. The summed E-state index contributed by atoms with van der Waals surface area (Å²) in [6.45, 7) is 4.14. The first-order valence-electron chi connectivity index (χ1n) is 5.69. The lowest BCUT2D eigenvalue weighted by Gasteiger charge is -2.04. The minimum Gasteiger partial charge on any atom is -0.478 e. The molecule has 0 radical (unpaired) electrons. The van der Waals surface area contributed by atoms with Crippen LogP contribution in [0, 0.1) is 13.8 Å². The molecular formula is C14H15NO3. The van der Waals surface area contributed by atoms with Gasteiger partial charge in [0.2, 0.25) is 0 Å². The lowest BCUT2D eigenvalue weighted by molar-refractivity contribution is 0.0695. The Kier molecular flexibility index (Phi) is 3.37. The summed E-state index contributed by atoms with van der Waals surface area (Å²) in [5, 5.41) is 12.1. The van der Waals surface area contributed by atoms with Crippen LogP contribution in [-0.2, 0) is 6.54 Å². The van der Waals surface area contributed by atoms with Crippen LogP contribution in [0.2, 0.25) is 0 Å². The lowest BCUT2D eigenvalue weighted by Crippen LogP contribution is -1.98. The SMILES string of the molecule is Cc1cccc(NCc2cc(C(=O)O)c(C)o2)c1. The average Bonchev–Trinajstić information content (AvgIpc) is 2.68. The highest BCUT2D eigenvalue weighted by Crippen LogP contribution is 2.17. The maximum atomic E-state index is 10.9. The first kappa shape index (κ1) is 12.2. The summed E-state index contributed by atoms with van der Waals surface area (Å²) in [5.74, 6) is 0.0907. The quantitative estimate of drug-likeness (QED) is 0.868. The molecule has 4 nitrogen and oxygen atoms in total. The molecule has 1 aromatic carbocycles. The summed E-state index contributed by atoms with van der Waals surface area (Å²) >= 11 is 0. The van der Waals surface area contributed by atoms with Crippen LogP contribution in [0.25, 0.3) is 0 Å². The lowest BCUT2D eigenvalue weighted by atomic mass is 10.2. The van der Waals surface area contributed by atoms with Crippen LogP contribution < -0.4 is 5.32 Å². The second kappa shape index (κ2) is 4.96. The van der Waals surface area contributed by atoms with Crippen LogP contribution in [-0.4, -0.2) is 11.1 Å². The van der Waals surface area contributed by atoms with Gasteiger partial charge in [-0.05, 0) is 37.6 Å². The van der Waals surface area contributed by atoms with Gasteiger partial charge >= 0.3 is 5.97 Å². The van der Waals surface area contributed by atoms with Gasteiger partial charge in [0.1, 0.15) is 17.1 Å². The molecule has 0 bridgehead atoms. The van der Waals surface area contributed by atoms with E-state index < -0.39 is 5.97 Å². The second-order valence-electron chi connectivity index (χ2n) is 4.21. The van der Waals surface area contributed by atoms with E-state index in [-0.39, 0.29) is 5.56 Å². The molecule has 0 spiro atoms. The molecule has 0 saturated heterocycles. The van der Waals surface area contributed by atoms with Crippen molar-refractivity contribution in [3.05, 3.63) is 53.0 Å². The number of hydrogen-bond acceptors (Lipinski definition) is 3. The molecule has 0 aliphatic rings. The molecule has 0 amide bonds. The van der Waals surface area contributed by atoms with E-state index in [0.717, 1.165) is 5.69 Å². The predicted molar refractivity (Wildman–Crippen MR) is 68.9 cm³/mol. The highest BCUT2D eigenvalue weighted by atomic mass is 16.4. The molecular weight excluding hydrogens is 230 g/mol. The van der Waals surface area contributed by atoms with Crippen molar-refractivity contribution in [2.75, 3.05) is 5.32 Å². The standard InChI is InChI=1S/C14H15NO3/c1-9-4-3-5-11(6-9)15-8-12-7-13(14(16)17)10(2)18-12/h3-7,15H,8H2,1-2H3,(H,16,17). The smallest absolute Gasteiger partial charge is 0.339 e. The molecule has 0 aliphatic carbocycles. The predicted octanol–water partition coefficient (Wildman–Crippen LogP) is 3.21. The Labute approximate surface area is 105 Å². The van der Waals surface area contributed by atoms with E-state index in [4.69, 9.17) is 9.52 Å². The first-order valence-corrected chi connectivity index (χ1v) is 5.69. The van der Waals surface area contributed by atoms with Crippen molar-refractivity contribution in [2.24, 2.45) is 0 Å². The minimum absolute atomic E-state index is 0.219. The first-order chi connectivity index (χ1) is 8.56. The Morgan fingerprint density at radius 1 is 1.33 bits per heavy atom. The van der Waals surface area contributed by atoms with Crippen molar-refractivity contribution in [3.63, 3.8) is 0 Å². The summed E-state index contributed by atoms with van der Waals surface area (Å²) in [6, 6.07) is 9.52. The topological polar surface area (TPSA) is 62.5 Å². The minimum atomic E-state index is -0.960. The maximum Gasteiger partial charge on any atom is 0.339 e.